The summed E-state index contributed by atoms with van der Waals surface area (Å²) in [6, 6.07) is 18.9. The van der Waals surface area contributed by atoms with Gasteiger partial charge in [0.15, 0.2) is 0 Å². The van der Waals surface area contributed by atoms with E-state index in [2.05, 4.69) is 0 Å². The van der Waals surface area contributed by atoms with E-state index in [9.17, 15) is 15.0 Å². The van der Waals surface area contributed by atoms with E-state index in [0.29, 0.717) is 51.4 Å². The number of primary amides is 1. The number of amides is 2. The monoisotopic (exact) mass is 574 g/mol. The first-order valence-electron chi connectivity index (χ1n) is 16.4. The molecule has 0 spiro atoms. The van der Waals surface area contributed by atoms with Gasteiger partial charge in [-0.3, -0.25) is 9.59 Å². The van der Waals surface area contributed by atoms with Gasteiger partial charge in [-0.1, -0.05) is 118 Å². The van der Waals surface area contributed by atoms with Crippen LogP contribution < -0.4 is 5.73 Å². The summed E-state index contributed by atoms with van der Waals surface area (Å²) >= 11 is 0. The number of nitrogens with two attached hydrogens (primary N) is 1. The Hall–Kier alpha value is -2.70. The minimum Gasteiger partial charge on any atom is -0.388 e. The molecule has 5 rings (SSSR count). The zero-order valence-corrected chi connectivity index (χ0v) is 25.2. The number of aliphatic hydroxyl groups is 2. The second kappa shape index (κ2) is 13.3. The molecule has 0 aromatic heterocycles. The van der Waals surface area contributed by atoms with Crippen molar-refractivity contribution in [1.82, 2.24) is 4.90 Å². The van der Waals surface area contributed by atoms with E-state index >= 15 is 4.79 Å². The Morgan fingerprint density at radius 2 is 0.976 bits per heavy atom. The van der Waals surface area contributed by atoms with E-state index in [-0.39, 0.29) is 5.91 Å². The molecule has 0 heterocycles. The Labute approximate surface area is 251 Å². The van der Waals surface area contributed by atoms with Gasteiger partial charge in [-0.25, -0.2) is 0 Å². The molecular formula is C36H50N2O4. The van der Waals surface area contributed by atoms with Gasteiger partial charge in [-0.05, 0) is 62.5 Å². The lowest BCUT2D eigenvalue weighted by Crippen LogP contribution is -2.69. The van der Waals surface area contributed by atoms with Crippen molar-refractivity contribution in [2.24, 2.45) is 11.1 Å². The van der Waals surface area contributed by atoms with E-state index in [4.69, 9.17) is 5.73 Å². The lowest BCUT2D eigenvalue weighted by molar-refractivity contribution is -0.177. The number of benzene rings is 2. The second-order valence-electron chi connectivity index (χ2n) is 13.5. The van der Waals surface area contributed by atoms with Gasteiger partial charge in [0.25, 0.3) is 0 Å². The third-order valence-electron chi connectivity index (χ3n) is 10.7. The van der Waals surface area contributed by atoms with E-state index < -0.39 is 34.6 Å². The lowest BCUT2D eigenvalue weighted by atomic mass is 9.68. The summed E-state index contributed by atoms with van der Waals surface area (Å²) < 4.78 is 0. The van der Waals surface area contributed by atoms with Crippen molar-refractivity contribution in [1.29, 1.82) is 0 Å². The molecule has 3 aliphatic carbocycles. The highest BCUT2D eigenvalue weighted by Crippen LogP contribution is 2.45. The maximum Gasteiger partial charge on any atom is 0.238 e. The summed E-state index contributed by atoms with van der Waals surface area (Å²) in [5.74, 6) is -0.852. The molecule has 2 amide bonds. The lowest BCUT2D eigenvalue weighted by Gasteiger charge is -2.54. The van der Waals surface area contributed by atoms with Crippen LogP contribution in [0.1, 0.15) is 107 Å². The molecule has 3 saturated carbocycles. The van der Waals surface area contributed by atoms with E-state index in [1.807, 2.05) is 65.6 Å². The van der Waals surface area contributed by atoms with Crippen molar-refractivity contribution in [3.05, 3.63) is 71.8 Å². The fourth-order valence-electron chi connectivity index (χ4n) is 8.23. The third-order valence-corrected chi connectivity index (χ3v) is 10.7. The van der Waals surface area contributed by atoms with Gasteiger partial charge in [0, 0.05) is 0 Å². The molecule has 6 heteroatoms. The number of carbonyl (C=O) groups excluding carboxylic acids is 2. The highest BCUT2D eigenvalue weighted by molar-refractivity contribution is 6.04. The number of hydrogen-bond donors (Lipinski definition) is 3. The third kappa shape index (κ3) is 6.45. The largest absolute Gasteiger partial charge is 0.388 e. The Balaban J connectivity index is 1.70. The molecule has 4 N–H and O–H groups in total. The average molecular weight is 575 g/mol. The second-order valence-corrected chi connectivity index (χ2v) is 13.5. The summed E-state index contributed by atoms with van der Waals surface area (Å²) in [5.41, 5.74) is 4.65. The normalized spacial score (nSPS) is 22.9. The van der Waals surface area contributed by atoms with E-state index in [0.717, 1.165) is 68.9 Å². The number of nitrogens with zero attached hydrogens (tertiary/aromatic N) is 1. The first kappa shape index (κ1) is 30.7. The van der Waals surface area contributed by atoms with Crippen molar-refractivity contribution in [3.8, 4) is 0 Å². The molecule has 2 atom stereocenters. The summed E-state index contributed by atoms with van der Waals surface area (Å²) in [6.07, 6.45) is 12.3. The van der Waals surface area contributed by atoms with Crippen LogP contribution in [0.2, 0.25) is 0 Å². The Morgan fingerprint density at radius 3 is 1.33 bits per heavy atom. The minimum absolute atomic E-state index is 0.283. The highest BCUT2D eigenvalue weighted by atomic mass is 16.3. The van der Waals surface area contributed by atoms with Crippen molar-refractivity contribution in [2.75, 3.05) is 0 Å². The highest BCUT2D eigenvalue weighted by Gasteiger charge is 2.56. The van der Waals surface area contributed by atoms with Gasteiger partial charge < -0.3 is 20.8 Å². The van der Waals surface area contributed by atoms with Gasteiger partial charge in [0.2, 0.25) is 11.8 Å². The Morgan fingerprint density at radius 1 is 0.619 bits per heavy atom. The fraction of sp³-hybridized carbons (Fsp3) is 0.611. The summed E-state index contributed by atoms with van der Waals surface area (Å²) in [4.78, 5) is 30.5. The smallest absolute Gasteiger partial charge is 0.238 e. The van der Waals surface area contributed by atoms with Gasteiger partial charge in [0.1, 0.15) is 5.41 Å². The predicted molar refractivity (Wildman–Crippen MR) is 165 cm³/mol. The van der Waals surface area contributed by atoms with Crippen LogP contribution in [0, 0.1) is 5.41 Å². The van der Waals surface area contributed by atoms with Crippen LogP contribution >= 0.6 is 0 Å². The first-order chi connectivity index (χ1) is 20.3. The Kier molecular flexibility index (Phi) is 9.74. The summed E-state index contributed by atoms with van der Waals surface area (Å²) in [5, 5.41) is 25.1. The average Bonchev–Trinajstić information content (AvgIpc) is 3.02. The summed E-state index contributed by atoms with van der Waals surface area (Å²) in [6.45, 7) is 0. The molecule has 3 fully saturated rings. The number of hydrogen-bond acceptors (Lipinski definition) is 4. The maximum absolute atomic E-state index is 15.3. The quantitative estimate of drug-likeness (QED) is 0.309. The Bertz CT molecular complexity index is 1100. The molecule has 42 heavy (non-hydrogen) atoms. The zero-order valence-electron chi connectivity index (χ0n) is 25.2. The van der Waals surface area contributed by atoms with Crippen LogP contribution in [-0.2, 0) is 22.4 Å². The molecule has 2 aromatic carbocycles. The predicted octanol–water partition coefficient (Wildman–Crippen LogP) is 5.86. The standard InChI is InChI=1S/C36H50N2O4/c37-32(39)34(20-10-3-11-21-34)33(40)38(30(26-28-16-6-1-7-17-28)35(41)22-12-4-13-23-35)31(27-29-18-8-2-9-19-29)36(42)24-14-5-15-25-36/h1-2,6-9,16-19,30-31,41-42H,3-5,10-15,20-27H2,(H2,37,39). The van der Waals surface area contributed by atoms with Crippen molar-refractivity contribution in [2.45, 2.75) is 132 Å². The molecule has 2 aromatic rings. The van der Waals surface area contributed by atoms with Crippen LogP contribution in [-0.4, -0.2) is 50.2 Å². The molecule has 6 nitrogen and oxygen atoms in total. The van der Waals surface area contributed by atoms with Gasteiger partial charge in [0.05, 0.1) is 23.3 Å². The molecule has 228 valence electrons. The summed E-state index contributed by atoms with van der Waals surface area (Å²) in [7, 11) is 0. The van der Waals surface area contributed by atoms with Crippen LogP contribution in [0.5, 0.6) is 0 Å². The number of rotatable bonds is 10. The molecule has 3 aliphatic rings. The van der Waals surface area contributed by atoms with Crippen molar-refractivity contribution >= 4 is 11.8 Å². The molecular weight excluding hydrogens is 524 g/mol. The van der Waals surface area contributed by atoms with E-state index in [1.165, 1.54) is 0 Å². The van der Waals surface area contributed by atoms with Gasteiger partial charge in [-0.2, -0.15) is 0 Å². The van der Waals surface area contributed by atoms with Crippen LogP contribution in [0.3, 0.4) is 0 Å². The number of carbonyl (C=O) groups is 2. The van der Waals surface area contributed by atoms with Crippen molar-refractivity contribution in [3.63, 3.8) is 0 Å². The van der Waals surface area contributed by atoms with Gasteiger partial charge in [-0.15, -0.1) is 0 Å². The van der Waals surface area contributed by atoms with Crippen LogP contribution in [0.4, 0.5) is 0 Å². The first-order valence-corrected chi connectivity index (χ1v) is 16.4. The van der Waals surface area contributed by atoms with Gasteiger partial charge >= 0.3 is 0 Å². The SMILES string of the molecule is NC(=O)C1(C(=O)N(C(Cc2ccccc2)C2(O)CCCCC2)C(Cc2ccccc2)C2(O)CCCCC2)CCCCC1. The zero-order chi connectivity index (χ0) is 29.6. The molecule has 2 unspecified atom stereocenters. The maximum atomic E-state index is 15.3. The fourth-order valence-corrected chi connectivity index (χ4v) is 8.23. The minimum atomic E-state index is -1.32. The molecule has 0 aliphatic heterocycles. The van der Waals surface area contributed by atoms with Crippen LogP contribution in [0.15, 0.2) is 60.7 Å². The molecule has 0 saturated heterocycles. The molecule has 0 bridgehead atoms. The topological polar surface area (TPSA) is 104 Å². The van der Waals surface area contributed by atoms with E-state index in [1.54, 1.807) is 0 Å². The van der Waals surface area contributed by atoms with Crippen molar-refractivity contribution < 1.29 is 19.8 Å². The van der Waals surface area contributed by atoms with Crippen LogP contribution in [0.25, 0.3) is 0 Å². The molecule has 0 radical (unpaired) electrons.